The summed E-state index contributed by atoms with van der Waals surface area (Å²) < 4.78 is 44.6. The maximum atomic E-state index is 16.1. The van der Waals surface area contributed by atoms with Gasteiger partial charge in [-0.1, -0.05) is 6.58 Å². The smallest absolute Gasteiger partial charge is 0.246 e. The topological polar surface area (TPSA) is 85.6 Å². The van der Waals surface area contributed by atoms with Crippen molar-refractivity contribution < 1.29 is 23.0 Å². The van der Waals surface area contributed by atoms with Gasteiger partial charge >= 0.3 is 0 Å². The first-order valence-electron chi connectivity index (χ1n) is 16.4. The summed E-state index contributed by atoms with van der Waals surface area (Å²) in [5.41, 5.74) is 6.07. The minimum Gasteiger partial charge on any atom is -0.490 e. The summed E-state index contributed by atoms with van der Waals surface area (Å²) >= 11 is 1.44. The van der Waals surface area contributed by atoms with Crippen molar-refractivity contribution in [3.8, 4) is 39.5 Å². The zero-order valence-electron chi connectivity index (χ0n) is 28.0. The lowest BCUT2D eigenvalue weighted by molar-refractivity contribution is -0.129. The molecule has 0 radical (unpaired) electrons. The molecular formula is C37H38F2N6O3S. The van der Waals surface area contributed by atoms with Crippen LogP contribution < -0.4 is 4.74 Å². The fraction of sp³-hybridized carbons (Fsp3) is 0.351. The quantitative estimate of drug-likeness (QED) is 0.122. The molecule has 2 aliphatic heterocycles. The van der Waals surface area contributed by atoms with Gasteiger partial charge in [-0.15, -0.1) is 11.3 Å². The second-order valence-electron chi connectivity index (χ2n) is 12.7. The highest BCUT2D eigenvalue weighted by Crippen LogP contribution is 2.47. The van der Waals surface area contributed by atoms with E-state index in [0.29, 0.717) is 41.8 Å². The molecule has 9 nitrogen and oxygen atoms in total. The lowest BCUT2D eigenvalue weighted by atomic mass is 9.95. The van der Waals surface area contributed by atoms with E-state index in [0.717, 1.165) is 58.2 Å². The highest BCUT2D eigenvalue weighted by molar-refractivity contribution is 7.18. The van der Waals surface area contributed by atoms with Gasteiger partial charge in [0.05, 0.1) is 36.1 Å². The van der Waals surface area contributed by atoms with Gasteiger partial charge in [-0.25, -0.2) is 13.8 Å². The average molecular weight is 685 g/mol. The number of carbonyl (C=O) groups is 1. The summed E-state index contributed by atoms with van der Waals surface area (Å²) in [5, 5.41) is 7.73. The molecular weight excluding hydrogens is 647 g/mol. The third kappa shape index (κ3) is 6.02. The van der Waals surface area contributed by atoms with Crippen LogP contribution in [0.25, 0.3) is 43.9 Å². The molecule has 0 spiro atoms. The van der Waals surface area contributed by atoms with Crippen molar-refractivity contribution in [1.29, 1.82) is 0 Å². The fourth-order valence-corrected chi connectivity index (χ4v) is 7.81. The van der Waals surface area contributed by atoms with Gasteiger partial charge in [0.15, 0.2) is 0 Å². The van der Waals surface area contributed by atoms with Crippen LogP contribution >= 0.6 is 11.3 Å². The summed E-state index contributed by atoms with van der Waals surface area (Å²) in [6.45, 7) is 13.0. The molecule has 49 heavy (non-hydrogen) atoms. The molecule has 254 valence electrons. The highest BCUT2D eigenvalue weighted by Gasteiger charge is 2.32. The zero-order valence-corrected chi connectivity index (χ0v) is 28.8. The molecule has 12 heteroatoms. The molecule has 1 amide bonds. The number of benzene rings is 1. The first-order chi connectivity index (χ1) is 23.7. The van der Waals surface area contributed by atoms with E-state index in [2.05, 4.69) is 31.4 Å². The van der Waals surface area contributed by atoms with E-state index >= 15 is 4.39 Å². The van der Waals surface area contributed by atoms with Crippen LogP contribution in [-0.4, -0.2) is 74.9 Å². The number of hydrogen-bond donors (Lipinski definition) is 0. The molecule has 0 N–H and O–H groups in total. The minimum atomic E-state index is -0.776. The molecule has 6 heterocycles. The van der Waals surface area contributed by atoms with Gasteiger partial charge in [0.1, 0.15) is 35.4 Å². The Bertz CT molecular complexity index is 2070. The molecule has 7 rings (SSSR count). The van der Waals surface area contributed by atoms with Crippen LogP contribution in [0.1, 0.15) is 43.8 Å². The van der Waals surface area contributed by atoms with Crippen LogP contribution in [0.15, 0.2) is 54.6 Å². The van der Waals surface area contributed by atoms with Gasteiger partial charge < -0.3 is 14.4 Å². The number of carbonyl (C=O) groups excluding carboxylic acids is 1. The number of methoxy groups -OCH3 is 1. The van der Waals surface area contributed by atoms with E-state index in [1.165, 1.54) is 30.6 Å². The van der Waals surface area contributed by atoms with Crippen LogP contribution in [0, 0.1) is 11.6 Å². The number of halogens is 2. The van der Waals surface area contributed by atoms with Crippen molar-refractivity contribution in [3.05, 3.63) is 83.1 Å². The van der Waals surface area contributed by atoms with E-state index in [4.69, 9.17) is 24.5 Å². The van der Waals surface area contributed by atoms with Crippen LogP contribution in [0.3, 0.4) is 0 Å². The molecule has 0 saturated heterocycles. The van der Waals surface area contributed by atoms with Gasteiger partial charge in [0.2, 0.25) is 5.91 Å². The van der Waals surface area contributed by atoms with Crippen molar-refractivity contribution >= 4 is 27.3 Å². The Hall–Kier alpha value is -4.52. The Balaban J connectivity index is 1.46. The van der Waals surface area contributed by atoms with Gasteiger partial charge in [0.25, 0.3) is 0 Å². The molecule has 0 fully saturated rings. The van der Waals surface area contributed by atoms with E-state index in [9.17, 15) is 9.18 Å². The molecule has 1 aromatic carbocycles. The molecule has 0 saturated carbocycles. The van der Waals surface area contributed by atoms with Crippen LogP contribution in [0.4, 0.5) is 8.78 Å². The normalized spacial score (nSPS) is 16.2. The van der Waals surface area contributed by atoms with Gasteiger partial charge in [0, 0.05) is 84.4 Å². The van der Waals surface area contributed by atoms with Crippen molar-refractivity contribution in [2.45, 2.75) is 52.4 Å². The number of amides is 1. The second kappa shape index (κ2) is 13.4. The second-order valence-corrected chi connectivity index (χ2v) is 13.6. The monoisotopic (exact) mass is 684 g/mol. The van der Waals surface area contributed by atoms with E-state index < -0.39 is 11.6 Å². The maximum Gasteiger partial charge on any atom is 0.246 e. The highest BCUT2D eigenvalue weighted by atomic mass is 32.1. The van der Waals surface area contributed by atoms with Crippen molar-refractivity contribution in [2.75, 3.05) is 33.4 Å². The Morgan fingerprint density at radius 3 is 2.73 bits per heavy atom. The number of thiophene rings is 1. The van der Waals surface area contributed by atoms with Gasteiger partial charge in [-0.2, -0.15) is 5.10 Å². The van der Waals surface area contributed by atoms with Crippen LogP contribution in [-0.2, 0) is 29.0 Å². The lowest BCUT2D eigenvalue weighted by Gasteiger charge is -2.33. The number of pyridine rings is 2. The third-order valence-corrected chi connectivity index (χ3v) is 10.4. The van der Waals surface area contributed by atoms with Gasteiger partial charge in [-0.05, 0) is 56.0 Å². The molecule has 0 unspecified atom stereocenters. The molecule has 0 aliphatic carbocycles. The van der Waals surface area contributed by atoms with Crippen LogP contribution in [0.2, 0.25) is 0 Å². The standard InChI is InChI=1S/C37H38F2N6O3S/c1-6-32(46)44-10-11-45-30(22(44)4)18-29(42-45)36-34(33-27(39)16-25(38)17-31(33)48-13-12-47-5)37-26(8-14-49-37)35(41-36)23-15-24-20-43(21(2)3)9-7-28(24)40-19-23/h6,8,14-19,21-22H,1,7,9-13,20H2,2-5H3/t22-/m1/s1. The first-order valence-corrected chi connectivity index (χ1v) is 17.3. The molecule has 1 atom stereocenters. The zero-order chi connectivity index (χ0) is 34.4. The molecule has 0 bridgehead atoms. The number of aromatic nitrogens is 4. The average Bonchev–Trinajstić information content (AvgIpc) is 3.76. The van der Waals surface area contributed by atoms with E-state index in [-0.39, 0.29) is 36.5 Å². The van der Waals surface area contributed by atoms with E-state index in [1.54, 1.807) is 4.90 Å². The Kier molecular flexibility index (Phi) is 9.03. The molecule has 2 aliphatic rings. The molecule has 5 aromatic rings. The summed E-state index contributed by atoms with van der Waals surface area (Å²) in [7, 11) is 1.54. The summed E-state index contributed by atoms with van der Waals surface area (Å²) in [4.78, 5) is 27.0. The van der Waals surface area contributed by atoms with Crippen LogP contribution in [0.5, 0.6) is 5.75 Å². The van der Waals surface area contributed by atoms with Gasteiger partial charge in [-0.3, -0.25) is 19.4 Å². The Morgan fingerprint density at radius 1 is 1.12 bits per heavy atom. The lowest BCUT2D eigenvalue weighted by Crippen LogP contribution is -2.40. The number of fused-ring (bicyclic) bond motifs is 3. The minimum absolute atomic E-state index is 0.0457. The SMILES string of the molecule is C=CC(=O)N1CCn2nc(-c3nc(-c4cnc5c(c4)CN(C(C)C)CC5)c4ccsc4c3-c3c(F)cc(F)cc3OCCOC)cc2[C@H]1C. The number of rotatable bonds is 9. The first kappa shape index (κ1) is 33.0. The fourth-order valence-electron chi connectivity index (χ4n) is 6.86. The van der Waals surface area contributed by atoms with E-state index in [1.807, 2.05) is 35.3 Å². The summed E-state index contributed by atoms with van der Waals surface area (Å²) in [6.07, 6.45) is 4.05. The third-order valence-electron chi connectivity index (χ3n) is 9.45. The number of nitrogens with zero attached hydrogens (tertiary/aromatic N) is 6. The molecule has 4 aromatic heterocycles. The number of hydrogen-bond acceptors (Lipinski definition) is 8. The predicted molar refractivity (Wildman–Crippen MR) is 186 cm³/mol. The Morgan fingerprint density at radius 2 is 1.96 bits per heavy atom. The van der Waals surface area contributed by atoms with Crippen molar-refractivity contribution in [3.63, 3.8) is 0 Å². The van der Waals surface area contributed by atoms with Crippen molar-refractivity contribution in [1.82, 2.24) is 29.5 Å². The predicted octanol–water partition coefficient (Wildman–Crippen LogP) is 7.05. The number of ether oxygens (including phenoxy) is 2. The van der Waals surface area contributed by atoms with Crippen molar-refractivity contribution in [2.24, 2.45) is 0 Å². The summed E-state index contributed by atoms with van der Waals surface area (Å²) in [6, 6.07) is 8.22. The maximum absolute atomic E-state index is 16.1. The summed E-state index contributed by atoms with van der Waals surface area (Å²) in [5.74, 6) is -1.65. The largest absolute Gasteiger partial charge is 0.490 e. The Labute approximate surface area is 287 Å².